The molecule has 0 amide bonds. The van der Waals surface area contributed by atoms with Gasteiger partial charge in [-0.25, -0.2) is 4.39 Å². The van der Waals surface area contributed by atoms with Crippen LogP contribution >= 0.6 is 27.7 Å². The van der Waals surface area contributed by atoms with Crippen LogP contribution in [-0.4, -0.2) is 0 Å². The Labute approximate surface area is 81.7 Å². The molecule has 0 atom stereocenters. The maximum atomic E-state index is 12.9. The summed E-state index contributed by atoms with van der Waals surface area (Å²) in [6.45, 7) is 0. The van der Waals surface area contributed by atoms with E-state index in [0.717, 1.165) is 11.8 Å². The standard InChI is InChI=1S/C7H4BrFN2S/c8-4-1-7(12-3-10)5(9)2-6(4)11/h1-2H,11H2. The quantitative estimate of drug-likeness (QED) is 0.471. The molecule has 2 nitrogen and oxygen atoms in total. The number of nitrogens with two attached hydrogens (primary N) is 1. The molecule has 0 spiro atoms. The first-order valence-electron chi connectivity index (χ1n) is 2.95. The molecule has 62 valence electrons. The molecule has 0 bridgehead atoms. The van der Waals surface area contributed by atoms with Gasteiger partial charge in [0, 0.05) is 10.2 Å². The summed E-state index contributed by atoms with van der Waals surface area (Å²) < 4.78 is 13.5. The van der Waals surface area contributed by atoms with Crippen LogP contribution in [0.4, 0.5) is 10.1 Å². The molecule has 0 fully saturated rings. The Morgan fingerprint density at radius 2 is 2.25 bits per heavy atom. The lowest BCUT2D eigenvalue weighted by molar-refractivity contribution is 0.602. The van der Waals surface area contributed by atoms with E-state index in [9.17, 15) is 4.39 Å². The number of nitriles is 1. The first-order chi connectivity index (χ1) is 5.65. The molecule has 1 rings (SSSR count). The molecule has 5 heteroatoms. The number of rotatable bonds is 1. The molecule has 0 heterocycles. The summed E-state index contributed by atoms with van der Waals surface area (Å²) in [5.74, 6) is -0.470. The van der Waals surface area contributed by atoms with E-state index in [1.54, 1.807) is 5.40 Å². The van der Waals surface area contributed by atoms with E-state index in [-0.39, 0.29) is 4.90 Å². The summed E-state index contributed by atoms with van der Waals surface area (Å²) in [5.41, 5.74) is 5.74. The van der Waals surface area contributed by atoms with Gasteiger partial charge in [0.15, 0.2) is 0 Å². The third-order valence-electron chi connectivity index (χ3n) is 1.21. The van der Waals surface area contributed by atoms with E-state index < -0.39 is 5.82 Å². The summed E-state index contributed by atoms with van der Waals surface area (Å²) in [6.07, 6.45) is 0. The number of thiocyanates is 1. The maximum absolute atomic E-state index is 12.9. The molecular weight excluding hydrogens is 243 g/mol. The lowest BCUT2D eigenvalue weighted by atomic mass is 10.3. The molecule has 0 saturated carbocycles. The van der Waals surface area contributed by atoms with Crippen molar-refractivity contribution in [2.75, 3.05) is 5.73 Å². The van der Waals surface area contributed by atoms with Crippen molar-refractivity contribution >= 4 is 33.4 Å². The average molecular weight is 247 g/mol. The molecule has 1 aromatic rings. The minimum absolute atomic E-state index is 0.276. The van der Waals surface area contributed by atoms with Crippen LogP contribution in [0.3, 0.4) is 0 Å². The lowest BCUT2D eigenvalue weighted by Crippen LogP contribution is -1.89. The first kappa shape index (κ1) is 9.36. The van der Waals surface area contributed by atoms with Crippen LogP contribution in [0.25, 0.3) is 0 Å². The van der Waals surface area contributed by atoms with E-state index in [2.05, 4.69) is 15.9 Å². The van der Waals surface area contributed by atoms with Crippen molar-refractivity contribution in [3.63, 3.8) is 0 Å². The Morgan fingerprint density at radius 1 is 1.58 bits per heavy atom. The van der Waals surface area contributed by atoms with Gasteiger partial charge in [0.05, 0.1) is 4.90 Å². The second-order valence-electron chi connectivity index (χ2n) is 2.00. The fraction of sp³-hybridized carbons (Fsp3) is 0. The normalized spacial score (nSPS) is 9.42. The fourth-order valence-corrected chi connectivity index (χ4v) is 1.60. The van der Waals surface area contributed by atoms with Crippen molar-refractivity contribution in [3.05, 3.63) is 22.4 Å². The second kappa shape index (κ2) is 3.78. The van der Waals surface area contributed by atoms with Crippen LogP contribution in [0, 0.1) is 16.5 Å². The van der Waals surface area contributed by atoms with Crippen molar-refractivity contribution in [1.82, 2.24) is 0 Å². The van der Waals surface area contributed by atoms with E-state index in [1.165, 1.54) is 12.1 Å². The average Bonchev–Trinajstić information content (AvgIpc) is 2.01. The van der Waals surface area contributed by atoms with Crippen LogP contribution in [0.5, 0.6) is 0 Å². The monoisotopic (exact) mass is 246 g/mol. The van der Waals surface area contributed by atoms with Gasteiger partial charge < -0.3 is 5.73 Å². The Kier molecular flexibility index (Phi) is 2.95. The molecule has 12 heavy (non-hydrogen) atoms. The zero-order valence-electron chi connectivity index (χ0n) is 5.84. The van der Waals surface area contributed by atoms with Gasteiger partial charge in [0.2, 0.25) is 0 Å². The molecule has 0 radical (unpaired) electrons. The van der Waals surface area contributed by atoms with Gasteiger partial charge >= 0.3 is 0 Å². The third kappa shape index (κ3) is 1.90. The number of thioether (sulfide) groups is 1. The van der Waals surface area contributed by atoms with Gasteiger partial charge in [-0.15, -0.1) is 0 Å². The van der Waals surface area contributed by atoms with Crippen molar-refractivity contribution in [2.45, 2.75) is 4.90 Å². The highest BCUT2D eigenvalue weighted by Gasteiger charge is 2.06. The molecule has 2 N–H and O–H groups in total. The molecule has 1 aromatic carbocycles. The maximum Gasteiger partial charge on any atom is 0.139 e. The van der Waals surface area contributed by atoms with E-state index in [0.29, 0.717) is 10.2 Å². The summed E-state index contributed by atoms with van der Waals surface area (Å²) in [6, 6.07) is 2.67. The highest BCUT2D eigenvalue weighted by molar-refractivity contribution is 9.10. The number of nitrogens with zero attached hydrogens (tertiary/aromatic N) is 1. The van der Waals surface area contributed by atoms with Crippen LogP contribution < -0.4 is 5.73 Å². The summed E-state index contributed by atoms with van der Waals surface area (Å²) >= 11 is 3.91. The van der Waals surface area contributed by atoms with Gasteiger partial charge in [-0.2, -0.15) is 5.26 Å². The third-order valence-corrected chi connectivity index (χ3v) is 2.52. The summed E-state index contributed by atoms with van der Waals surface area (Å²) in [7, 11) is 0. The van der Waals surface area contributed by atoms with Crippen LogP contribution in [0.1, 0.15) is 0 Å². The molecule has 0 aliphatic rings. The Balaban J connectivity index is 3.16. The minimum Gasteiger partial charge on any atom is -0.398 e. The van der Waals surface area contributed by atoms with Crippen molar-refractivity contribution in [3.8, 4) is 5.40 Å². The minimum atomic E-state index is -0.470. The fourth-order valence-electron chi connectivity index (χ4n) is 0.671. The Hall–Kier alpha value is -0.730. The van der Waals surface area contributed by atoms with Crippen molar-refractivity contribution < 1.29 is 4.39 Å². The van der Waals surface area contributed by atoms with Crippen LogP contribution in [0.2, 0.25) is 0 Å². The zero-order valence-corrected chi connectivity index (χ0v) is 8.25. The zero-order chi connectivity index (χ0) is 9.14. The van der Waals surface area contributed by atoms with Gasteiger partial charge in [0.1, 0.15) is 11.2 Å². The molecule has 0 aliphatic heterocycles. The number of benzene rings is 1. The van der Waals surface area contributed by atoms with Gasteiger partial charge in [-0.1, -0.05) is 0 Å². The van der Waals surface area contributed by atoms with E-state index in [4.69, 9.17) is 11.0 Å². The first-order valence-corrected chi connectivity index (χ1v) is 4.56. The summed E-state index contributed by atoms with van der Waals surface area (Å²) in [4.78, 5) is 0.276. The SMILES string of the molecule is N#CSc1cc(Br)c(N)cc1F. The predicted octanol–water partition coefficient (Wildman–Crippen LogP) is 2.74. The molecule has 0 saturated heterocycles. The van der Waals surface area contributed by atoms with Gasteiger partial charge in [-0.3, -0.25) is 0 Å². The number of anilines is 1. The highest BCUT2D eigenvalue weighted by Crippen LogP contribution is 2.28. The van der Waals surface area contributed by atoms with Crippen molar-refractivity contribution in [2.24, 2.45) is 0 Å². The van der Waals surface area contributed by atoms with Gasteiger partial charge in [0.25, 0.3) is 0 Å². The molecule has 0 unspecified atom stereocenters. The number of hydrogen-bond acceptors (Lipinski definition) is 3. The largest absolute Gasteiger partial charge is 0.398 e. The Morgan fingerprint density at radius 3 is 2.83 bits per heavy atom. The van der Waals surface area contributed by atoms with Crippen LogP contribution in [-0.2, 0) is 0 Å². The van der Waals surface area contributed by atoms with Crippen molar-refractivity contribution in [1.29, 1.82) is 5.26 Å². The van der Waals surface area contributed by atoms with E-state index in [1.807, 2.05) is 0 Å². The Bertz CT molecular complexity index is 348. The van der Waals surface area contributed by atoms with E-state index >= 15 is 0 Å². The number of halogens is 2. The summed E-state index contributed by atoms with van der Waals surface area (Å²) in [5, 5.41) is 10.1. The molecular formula is C7H4BrFN2S. The highest BCUT2D eigenvalue weighted by atomic mass is 79.9. The molecule has 0 aromatic heterocycles. The number of nitrogen functional groups attached to an aromatic ring is 1. The smallest absolute Gasteiger partial charge is 0.139 e. The van der Waals surface area contributed by atoms with Gasteiger partial charge in [-0.05, 0) is 39.8 Å². The topological polar surface area (TPSA) is 49.8 Å². The predicted molar refractivity (Wildman–Crippen MR) is 50.0 cm³/mol. The second-order valence-corrected chi connectivity index (χ2v) is 3.68. The lowest BCUT2D eigenvalue weighted by Gasteiger charge is -2.00. The number of hydrogen-bond donors (Lipinski definition) is 1. The van der Waals surface area contributed by atoms with Crippen LogP contribution in [0.15, 0.2) is 21.5 Å². The molecule has 0 aliphatic carbocycles.